The SMILES string of the molecule is Cc1[c]c(C)c2nc(C)c(C)c(C)c2c1C. The number of hydrogen-bond acceptors (Lipinski definition) is 1. The maximum atomic E-state index is 4.71. The van der Waals surface area contributed by atoms with Crippen molar-refractivity contribution in [3.8, 4) is 0 Å². The summed E-state index contributed by atoms with van der Waals surface area (Å²) in [6.45, 7) is 12.8. The second-order valence-corrected chi connectivity index (χ2v) is 4.67. The zero-order chi connectivity index (χ0) is 12.0. The van der Waals surface area contributed by atoms with Gasteiger partial charge in [0.2, 0.25) is 0 Å². The van der Waals surface area contributed by atoms with Crippen molar-refractivity contribution in [2.45, 2.75) is 41.5 Å². The molecule has 16 heavy (non-hydrogen) atoms. The van der Waals surface area contributed by atoms with Crippen molar-refractivity contribution in [3.63, 3.8) is 0 Å². The van der Waals surface area contributed by atoms with Gasteiger partial charge in [0.1, 0.15) is 0 Å². The molecule has 1 radical (unpaired) electrons. The summed E-state index contributed by atoms with van der Waals surface area (Å²) < 4.78 is 0. The number of rotatable bonds is 0. The van der Waals surface area contributed by atoms with E-state index in [1.54, 1.807) is 0 Å². The highest BCUT2D eigenvalue weighted by molar-refractivity contribution is 5.89. The molecule has 1 heteroatoms. The fraction of sp³-hybridized carbons (Fsp3) is 0.400. The van der Waals surface area contributed by atoms with Crippen molar-refractivity contribution in [3.05, 3.63) is 39.6 Å². The van der Waals surface area contributed by atoms with Gasteiger partial charge in [-0.15, -0.1) is 0 Å². The van der Waals surface area contributed by atoms with Crippen molar-refractivity contribution < 1.29 is 0 Å². The van der Waals surface area contributed by atoms with Crippen LogP contribution in [-0.2, 0) is 0 Å². The van der Waals surface area contributed by atoms with Crippen LogP contribution < -0.4 is 0 Å². The van der Waals surface area contributed by atoms with Gasteiger partial charge in [-0.1, -0.05) is 0 Å². The molecule has 0 saturated carbocycles. The van der Waals surface area contributed by atoms with Crippen molar-refractivity contribution >= 4 is 10.9 Å². The molecular weight excluding hydrogens is 194 g/mol. The Morgan fingerprint density at radius 1 is 0.750 bits per heavy atom. The van der Waals surface area contributed by atoms with Crippen LogP contribution in [0.4, 0.5) is 0 Å². The van der Waals surface area contributed by atoms with Gasteiger partial charge in [-0.25, -0.2) is 0 Å². The first-order chi connectivity index (χ1) is 7.43. The average Bonchev–Trinajstić information content (AvgIpc) is 2.22. The quantitative estimate of drug-likeness (QED) is 0.645. The Morgan fingerprint density at radius 2 is 1.38 bits per heavy atom. The molecular formula is C15H18N. The van der Waals surface area contributed by atoms with E-state index in [0.29, 0.717) is 0 Å². The van der Waals surface area contributed by atoms with Crippen LogP contribution in [0.5, 0.6) is 0 Å². The Morgan fingerprint density at radius 3 is 2.00 bits per heavy atom. The Kier molecular flexibility index (Phi) is 2.49. The van der Waals surface area contributed by atoms with Gasteiger partial charge in [0.25, 0.3) is 0 Å². The molecule has 0 bridgehead atoms. The van der Waals surface area contributed by atoms with E-state index in [2.05, 4.69) is 47.6 Å². The van der Waals surface area contributed by atoms with E-state index in [4.69, 9.17) is 4.98 Å². The maximum Gasteiger partial charge on any atom is 0.0746 e. The Hall–Kier alpha value is -1.37. The van der Waals surface area contributed by atoms with E-state index < -0.39 is 0 Å². The smallest absolute Gasteiger partial charge is 0.0746 e. The van der Waals surface area contributed by atoms with Crippen LogP contribution in [0.25, 0.3) is 10.9 Å². The largest absolute Gasteiger partial charge is 0.253 e. The number of aryl methyl sites for hydroxylation is 5. The number of pyridine rings is 1. The molecule has 2 aromatic rings. The van der Waals surface area contributed by atoms with Crippen LogP contribution in [0.1, 0.15) is 33.5 Å². The molecule has 1 aromatic carbocycles. The normalized spacial score (nSPS) is 11.1. The van der Waals surface area contributed by atoms with Gasteiger partial charge in [-0.05, 0) is 75.4 Å². The third-order valence-corrected chi connectivity index (χ3v) is 3.66. The maximum absolute atomic E-state index is 4.71. The fourth-order valence-corrected chi connectivity index (χ4v) is 2.30. The summed E-state index contributed by atoms with van der Waals surface area (Å²) in [5.41, 5.74) is 8.62. The molecule has 0 aliphatic carbocycles. The van der Waals surface area contributed by atoms with Crippen molar-refractivity contribution in [1.29, 1.82) is 0 Å². The molecule has 1 nitrogen and oxygen atoms in total. The molecule has 0 aliphatic rings. The number of hydrogen-bond donors (Lipinski definition) is 0. The minimum absolute atomic E-state index is 1.11. The van der Waals surface area contributed by atoms with Crippen LogP contribution in [0.3, 0.4) is 0 Å². The topological polar surface area (TPSA) is 12.9 Å². The predicted octanol–water partition coefficient (Wildman–Crippen LogP) is 3.89. The monoisotopic (exact) mass is 212 g/mol. The summed E-state index contributed by atoms with van der Waals surface area (Å²) in [5, 5.41) is 1.32. The third kappa shape index (κ3) is 1.42. The molecule has 0 spiro atoms. The second-order valence-electron chi connectivity index (χ2n) is 4.67. The molecule has 1 aromatic heterocycles. The molecule has 0 saturated heterocycles. The van der Waals surface area contributed by atoms with Gasteiger partial charge < -0.3 is 0 Å². The van der Waals surface area contributed by atoms with Crippen molar-refractivity contribution in [2.75, 3.05) is 0 Å². The second kappa shape index (κ2) is 3.58. The lowest BCUT2D eigenvalue weighted by Crippen LogP contribution is -1.99. The summed E-state index contributed by atoms with van der Waals surface area (Å²) in [5.74, 6) is 0. The van der Waals surface area contributed by atoms with Gasteiger partial charge >= 0.3 is 0 Å². The van der Waals surface area contributed by atoms with Crippen LogP contribution in [0, 0.1) is 47.6 Å². The van der Waals surface area contributed by atoms with E-state index >= 15 is 0 Å². The third-order valence-electron chi connectivity index (χ3n) is 3.66. The summed E-state index contributed by atoms with van der Waals surface area (Å²) in [7, 11) is 0. The van der Waals surface area contributed by atoms with E-state index in [1.165, 1.54) is 27.6 Å². The van der Waals surface area contributed by atoms with Gasteiger partial charge in [-0.3, -0.25) is 4.98 Å². The summed E-state index contributed by atoms with van der Waals surface area (Å²) in [4.78, 5) is 4.71. The lowest BCUT2D eigenvalue weighted by molar-refractivity contribution is 1.15. The molecule has 83 valence electrons. The molecule has 0 N–H and O–H groups in total. The molecule has 1 heterocycles. The highest BCUT2D eigenvalue weighted by atomic mass is 14.7. The highest BCUT2D eigenvalue weighted by Gasteiger charge is 2.11. The van der Waals surface area contributed by atoms with Crippen LogP contribution in [0.15, 0.2) is 0 Å². The lowest BCUT2D eigenvalue weighted by atomic mass is 9.94. The number of fused-ring (bicyclic) bond motifs is 1. The van der Waals surface area contributed by atoms with Crippen LogP contribution in [0.2, 0.25) is 0 Å². The molecule has 0 fully saturated rings. The predicted molar refractivity (Wildman–Crippen MR) is 69.0 cm³/mol. The van der Waals surface area contributed by atoms with Crippen molar-refractivity contribution in [2.24, 2.45) is 0 Å². The van der Waals surface area contributed by atoms with Gasteiger partial charge in [0.15, 0.2) is 0 Å². The number of nitrogens with zero attached hydrogens (tertiary/aromatic N) is 1. The molecule has 0 amide bonds. The van der Waals surface area contributed by atoms with E-state index in [0.717, 1.165) is 16.8 Å². The van der Waals surface area contributed by atoms with Gasteiger partial charge in [-0.2, -0.15) is 0 Å². The molecule has 2 rings (SSSR count). The average molecular weight is 212 g/mol. The van der Waals surface area contributed by atoms with E-state index in [1.807, 2.05) is 0 Å². The minimum Gasteiger partial charge on any atom is -0.253 e. The van der Waals surface area contributed by atoms with Crippen LogP contribution in [-0.4, -0.2) is 4.98 Å². The first-order valence-electron chi connectivity index (χ1n) is 5.70. The zero-order valence-electron chi connectivity index (χ0n) is 10.9. The van der Waals surface area contributed by atoms with E-state index in [-0.39, 0.29) is 0 Å². The zero-order valence-corrected chi connectivity index (χ0v) is 10.9. The van der Waals surface area contributed by atoms with E-state index in [9.17, 15) is 0 Å². The van der Waals surface area contributed by atoms with Crippen molar-refractivity contribution in [1.82, 2.24) is 4.98 Å². The standard InChI is InChI=1S/C15H18N/c1-8-7-9(2)15-14(10(8)3)12(5)11(4)13(6)16-15/h1-6H3. The summed E-state index contributed by atoms with van der Waals surface area (Å²) >= 11 is 0. The van der Waals surface area contributed by atoms with Crippen LogP contribution >= 0.6 is 0 Å². The highest BCUT2D eigenvalue weighted by Crippen LogP contribution is 2.29. The molecule has 0 atom stereocenters. The molecule has 0 aliphatic heterocycles. The Bertz CT molecular complexity index is 580. The lowest BCUT2D eigenvalue weighted by Gasteiger charge is -2.14. The fourth-order valence-electron chi connectivity index (χ4n) is 2.30. The molecule has 0 unspecified atom stereocenters. The summed E-state index contributed by atoms with van der Waals surface area (Å²) in [6, 6.07) is 3.39. The minimum atomic E-state index is 1.11. The number of benzene rings is 1. The number of aromatic nitrogens is 1. The Balaban J connectivity index is 3.07. The van der Waals surface area contributed by atoms with Gasteiger partial charge in [0.05, 0.1) is 5.52 Å². The Labute approximate surface area is 97.5 Å². The summed E-state index contributed by atoms with van der Waals surface area (Å²) in [6.07, 6.45) is 0. The van der Waals surface area contributed by atoms with Gasteiger partial charge in [0, 0.05) is 11.1 Å². The first-order valence-corrected chi connectivity index (χ1v) is 5.70. The first kappa shape index (κ1) is 11.1.